The molecule has 0 saturated carbocycles. The van der Waals surface area contributed by atoms with Crippen LogP contribution in [-0.4, -0.2) is 9.97 Å². The molecular formula is C47H44N2. The topological polar surface area (TPSA) is 25.8 Å². The van der Waals surface area contributed by atoms with Crippen molar-refractivity contribution in [3.8, 4) is 33.4 Å². The highest BCUT2D eigenvalue weighted by molar-refractivity contribution is 6.28. The van der Waals surface area contributed by atoms with Crippen LogP contribution in [0.3, 0.4) is 0 Å². The molecule has 0 N–H and O–H groups in total. The highest BCUT2D eigenvalue weighted by Crippen LogP contribution is 2.43. The van der Waals surface area contributed by atoms with Crippen LogP contribution < -0.4 is 0 Å². The summed E-state index contributed by atoms with van der Waals surface area (Å²) in [5, 5.41) is 8.93. The third kappa shape index (κ3) is 7.50. The first-order chi connectivity index (χ1) is 24.1. The van der Waals surface area contributed by atoms with Gasteiger partial charge in [0.1, 0.15) is 0 Å². The van der Waals surface area contributed by atoms with E-state index in [1.54, 1.807) is 6.08 Å². The molecule has 2 nitrogen and oxygen atoms in total. The van der Waals surface area contributed by atoms with Crippen LogP contribution in [0.5, 0.6) is 0 Å². The summed E-state index contributed by atoms with van der Waals surface area (Å²) in [6.07, 6.45) is 15.3. The van der Waals surface area contributed by atoms with Crippen molar-refractivity contribution in [2.75, 3.05) is 0 Å². The van der Waals surface area contributed by atoms with E-state index in [9.17, 15) is 0 Å². The molecular weight excluding hydrogens is 593 g/mol. The van der Waals surface area contributed by atoms with Gasteiger partial charge >= 0.3 is 0 Å². The van der Waals surface area contributed by atoms with Gasteiger partial charge in [-0.2, -0.15) is 0 Å². The number of hydrogen-bond acceptors (Lipinski definition) is 2. The van der Waals surface area contributed by atoms with Crippen molar-refractivity contribution in [2.24, 2.45) is 0 Å². The molecule has 8 rings (SSSR count). The quantitative estimate of drug-likeness (QED) is 0.142. The second-order valence-corrected chi connectivity index (χ2v) is 11.6. The minimum absolute atomic E-state index is 1.02. The highest BCUT2D eigenvalue weighted by atomic mass is 14.6. The number of benzene rings is 6. The van der Waals surface area contributed by atoms with Gasteiger partial charge in [-0.25, -0.2) is 0 Å². The zero-order valence-electron chi connectivity index (χ0n) is 29.2. The summed E-state index contributed by atoms with van der Waals surface area (Å²) >= 11 is 0. The van der Waals surface area contributed by atoms with Gasteiger partial charge < -0.3 is 0 Å². The largest absolute Gasteiger partial charge is 0.264 e. The van der Waals surface area contributed by atoms with E-state index in [1.165, 1.54) is 65.5 Å². The first-order valence-electron chi connectivity index (χ1n) is 16.9. The van der Waals surface area contributed by atoms with Crippen molar-refractivity contribution >= 4 is 43.2 Å². The van der Waals surface area contributed by atoms with Gasteiger partial charge in [0.25, 0.3) is 0 Å². The fraction of sp³-hybridized carbons (Fsp3) is 0.106. The molecule has 49 heavy (non-hydrogen) atoms. The minimum atomic E-state index is 1.02. The summed E-state index contributed by atoms with van der Waals surface area (Å²) in [6, 6.07) is 41.7. The predicted molar refractivity (Wildman–Crippen MR) is 216 cm³/mol. The van der Waals surface area contributed by atoms with E-state index >= 15 is 0 Å². The Morgan fingerprint density at radius 2 is 0.980 bits per heavy atom. The fourth-order valence-corrected chi connectivity index (χ4v) is 6.00. The molecule has 0 aliphatic rings. The summed E-state index contributed by atoms with van der Waals surface area (Å²) in [6.45, 7) is 13.2. The zero-order valence-corrected chi connectivity index (χ0v) is 29.2. The van der Waals surface area contributed by atoms with Crippen LogP contribution in [-0.2, 0) is 0 Å². The molecule has 0 atom stereocenters. The van der Waals surface area contributed by atoms with Crippen molar-refractivity contribution < 1.29 is 0 Å². The Kier molecular flexibility index (Phi) is 11.8. The second-order valence-electron chi connectivity index (χ2n) is 11.6. The molecule has 0 aliphatic heterocycles. The number of allylic oxidation sites excluding steroid dienone is 5. The highest BCUT2D eigenvalue weighted by Gasteiger charge is 2.16. The molecule has 0 fully saturated rings. The first kappa shape index (κ1) is 34.5. The first-order valence-corrected chi connectivity index (χ1v) is 16.9. The monoisotopic (exact) mass is 636 g/mol. The molecule has 0 bridgehead atoms. The van der Waals surface area contributed by atoms with E-state index < -0.39 is 0 Å². The maximum absolute atomic E-state index is 4.60. The van der Waals surface area contributed by atoms with Crippen LogP contribution in [0.15, 0.2) is 171 Å². The molecule has 242 valence electrons. The standard InChI is InChI=1S/C36H22N2.2C4H8.C3H6/c1-5-29(31-6-3-21-38-34(31)7-1)30-17-15-26-13-12-25-14-16-28(32-18-19-33(30)36(26)35(25)32)24-10-8-23(9-11-24)27-4-2-20-37-22-27;2*1-3-4-2;1-3-2/h1-22H;2*3-4H,1-2H3;3H,1H2,2H3/b;2*4-3-;. The second kappa shape index (κ2) is 16.8. The number of hydrogen-bond donors (Lipinski definition) is 0. The summed E-state index contributed by atoms with van der Waals surface area (Å²) in [5.74, 6) is 0. The van der Waals surface area contributed by atoms with Gasteiger partial charge in [0.2, 0.25) is 0 Å². The number of pyridine rings is 2. The van der Waals surface area contributed by atoms with Gasteiger partial charge in [0, 0.05) is 24.0 Å². The Morgan fingerprint density at radius 1 is 0.449 bits per heavy atom. The summed E-state index contributed by atoms with van der Waals surface area (Å²) in [5.41, 5.74) is 8.27. The summed E-state index contributed by atoms with van der Waals surface area (Å²) in [7, 11) is 0. The summed E-state index contributed by atoms with van der Waals surface area (Å²) < 4.78 is 0. The predicted octanol–water partition coefficient (Wildman–Crippen LogP) is 13.9. The summed E-state index contributed by atoms with van der Waals surface area (Å²) in [4.78, 5) is 8.87. The van der Waals surface area contributed by atoms with E-state index in [2.05, 4.69) is 120 Å². The Hall–Kier alpha value is -5.86. The lowest BCUT2D eigenvalue weighted by Crippen LogP contribution is -1.90. The smallest absolute Gasteiger partial charge is 0.0708 e. The molecule has 0 aliphatic carbocycles. The molecule has 0 amide bonds. The minimum Gasteiger partial charge on any atom is -0.264 e. The van der Waals surface area contributed by atoms with Crippen LogP contribution >= 0.6 is 0 Å². The fourth-order valence-electron chi connectivity index (χ4n) is 6.00. The molecule has 2 aromatic heterocycles. The maximum Gasteiger partial charge on any atom is 0.0708 e. The van der Waals surface area contributed by atoms with Crippen LogP contribution in [0.4, 0.5) is 0 Å². The van der Waals surface area contributed by atoms with Gasteiger partial charge in [0.05, 0.1) is 5.52 Å². The van der Waals surface area contributed by atoms with Crippen molar-refractivity contribution in [3.63, 3.8) is 0 Å². The van der Waals surface area contributed by atoms with Crippen LogP contribution in [0.25, 0.3) is 76.6 Å². The van der Waals surface area contributed by atoms with Crippen molar-refractivity contribution in [3.05, 3.63) is 171 Å². The van der Waals surface area contributed by atoms with E-state index in [-0.39, 0.29) is 0 Å². The Bertz CT molecular complexity index is 2310. The van der Waals surface area contributed by atoms with Gasteiger partial charge in [-0.3, -0.25) is 9.97 Å². The van der Waals surface area contributed by atoms with Gasteiger partial charge in [0.15, 0.2) is 0 Å². The lowest BCUT2D eigenvalue weighted by Gasteiger charge is -2.17. The average molecular weight is 637 g/mol. The molecule has 2 heteroatoms. The van der Waals surface area contributed by atoms with Gasteiger partial charge in [-0.05, 0) is 119 Å². The lowest BCUT2D eigenvalue weighted by molar-refractivity contribution is 1.33. The van der Waals surface area contributed by atoms with Crippen LogP contribution in [0.2, 0.25) is 0 Å². The SMILES string of the molecule is C/C=C\C.C/C=C\C.C=CC.c1cncc(-c2ccc(-c3ccc4ccc5ccc(-c6cccc7ncccc67)c6ccc3c4c56)cc2)c1. The molecule has 0 radical (unpaired) electrons. The van der Waals surface area contributed by atoms with E-state index in [0.29, 0.717) is 0 Å². The molecule has 0 saturated heterocycles. The van der Waals surface area contributed by atoms with E-state index in [4.69, 9.17) is 0 Å². The molecule has 0 spiro atoms. The lowest BCUT2D eigenvalue weighted by atomic mass is 9.86. The van der Waals surface area contributed by atoms with Crippen molar-refractivity contribution in [1.29, 1.82) is 0 Å². The number of fused-ring (bicyclic) bond motifs is 1. The molecule has 8 aromatic rings. The van der Waals surface area contributed by atoms with Gasteiger partial charge in [-0.15, -0.1) is 6.58 Å². The average Bonchev–Trinajstić information content (AvgIpc) is 3.17. The molecule has 0 unspecified atom stereocenters. The van der Waals surface area contributed by atoms with Gasteiger partial charge in [-0.1, -0.05) is 127 Å². The maximum atomic E-state index is 4.60. The van der Waals surface area contributed by atoms with E-state index in [1.807, 2.05) is 89.6 Å². The van der Waals surface area contributed by atoms with Crippen molar-refractivity contribution in [1.82, 2.24) is 9.97 Å². The van der Waals surface area contributed by atoms with Crippen LogP contribution in [0.1, 0.15) is 34.6 Å². The Morgan fingerprint density at radius 3 is 1.57 bits per heavy atom. The number of rotatable bonds is 3. The number of aromatic nitrogens is 2. The van der Waals surface area contributed by atoms with Crippen LogP contribution in [0, 0.1) is 0 Å². The van der Waals surface area contributed by atoms with E-state index in [0.717, 1.165) is 11.1 Å². The van der Waals surface area contributed by atoms with Crippen molar-refractivity contribution in [2.45, 2.75) is 34.6 Å². The third-order valence-corrected chi connectivity index (χ3v) is 8.46. The Balaban J connectivity index is 0.000000377. The number of nitrogens with zero attached hydrogens (tertiary/aromatic N) is 2. The third-order valence-electron chi connectivity index (χ3n) is 8.46. The normalized spacial score (nSPS) is 10.9. The molecule has 6 aromatic carbocycles. The molecule has 2 heterocycles. The Labute approximate surface area is 291 Å². The zero-order chi connectivity index (χ0) is 34.6.